The van der Waals surface area contributed by atoms with Gasteiger partial charge in [-0.05, 0) is 12.1 Å². The Bertz CT molecular complexity index is 215. The Kier molecular flexibility index (Phi) is 2.66. The molecule has 1 rings (SSSR count). The maximum atomic E-state index is 8.55. The number of pyridine rings is 1. The smallest absolute Gasteiger partial charge is 0.0622 e. The second-order valence-corrected chi connectivity index (χ2v) is 2.31. The average Bonchev–Trinajstić information content (AvgIpc) is 1.94. The van der Waals surface area contributed by atoms with Crippen LogP contribution in [0.3, 0.4) is 0 Å². The minimum absolute atomic E-state index is 0.0940. The van der Waals surface area contributed by atoms with Gasteiger partial charge in [0.15, 0.2) is 0 Å². The molecule has 1 aromatic heterocycles. The zero-order chi connectivity index (χ0) is 7.40. The number of hydrogen-bond donors (Lipinski definition) is 1. The van der Waals surface area contributed by atoms with Gasteiger partial charge in [-0.15, -0.1) is 0 Å². The van der Waals surface area contributed by atoms with Crippen molar-refractivity contribution in [2.75, 3.05) is 6.61 Å². The van der Waals surface area contributed by atoms with Crippen molar-refractivity contribution in [2.45, 2.75) is 6.42 Å². The molecule has 0 aliphatic heterocycles. The highest BCUT2D eigenvalue weighted by Gasteiger charge is 1.97. The van der Waals surface area contributed by atoms with Gasteiger partial charge in [-0.25, -0.2) is 0 Å². The van der Waals surface area contributed by atoms with E-state index < -0.39 is 0 Å². The third-order valence-corrected chi connectivity index (χ3v) is 1.53. The highest BCUT2D eigenvalue weighted by atomic mass is 35.5. The first-order valence-electron chi connectivity index (χ1n) is 3.05. The van der Waals surface area contributed by atoms with E-state index in [4.69, 9.17) is 16.7 Å². The SMILES string of the molecule is OCCc1ncccc1Cl. The van der Waals surface area contributed by atoms with Crippen LogP contribution in [0, 0.1) is 0 Å². The first-order chi connectivity index (χ1) is 4.84. The van der Waals surface area contributed by atoms with Gasteiger partial charge in [0.2, 0.25) is 0 Å². The summed E-state index contributed by atoms with van der Waals surface area (Å²) < 4.78 is 0. The molecule has 1 N–H and O–H groups in total. The van der Waals surface area contributed by atoms with Crippen molar-refractivity contribution >= 4 is 11.6 Å². The van der Waals surface area contributed by atoms with Crippen LogP contribution < -0.4 is 0 Å². The van der Waals surface area contributed by atoms with E-state index >= 15 is 0 Å². The summed E-state index contributed by atoms with van der Waals surface area (Å²) in [5.74, 6) is 0. The van der Waals surface area contributed by atoms with E-state index in [1.807, 2.05) is 0 Å². The molecule has 0 fully saturated rings. The third kappa shape index (κ3) is 1.69. The molecule has 0 bridgehead atoms. The van der Waals surface area contributed by atoms with Crippen molar-refractivity contribution < 1.29 is 5.11 Å². The molecular formula is C7H8ClNO. The van der Waals surface area contributed by atoms with Gasteiger partial charge in [-0.2, -0.15) is 0 Å². The lowest BCUT2D eigenvalue weighted by molar-refractivity contribution is 0.298. The summed E-state index contributed by atoms with van der Waals surface area (Å²) in [6.45, 7) is 0.0940. The summed E-state index contributed by atoms with van der Waals surface area (Å²) in [6, 6.07) is 3.53. The fourth-order valence-electron chi connectivity index (χ4n) is 0.708. The van der Waals surface area contributed by atoms with Crippen LogP contribution in [0.5, 0.6) is 0 Å². The van der Waals surface area contributed by atoms with Crippen LogP contribution >= 0.6 is 11.6 Å². The first kappa shape index (κ1) is 7.51. The van der Waals surface area contributed by atoms with Crippen LogP contribution in [0.25, 0.3) is 0 Å². The monoisotopic (exact) mass is 157 g/mol. The summed E-state index contributed by atoms with van der Waals surface area (Å²) in [7, 11) is 0. The highest BCUT2D eigenvalue weighted by Crippen LogP contribution is 2.11. The number of aliphatic hydroxyl groups is 1. The third-order valence-electron chi connectivity index (χ3n) is 1.18. The molecule has 0 unspecified atom stereocenters. The normalized spacial score (nSPS) is 9.80. The molecule has 1 aromatic rings. The Labute approximate surface area is 64.5 Å². The molecule has 0 aromatic carbocycles. The molecule has 54 valence electrons. The van der Waals surface area contributed by atoms with Crippen LogP contribution in [-0.4, -0.2) is 16.7 Å². The van der Waals surface area contributed by atoms with E-state index in [1.54, 1.807) is 18.3 Å². The van der Waals surface area contributed by atoms with Gasteiger partial charge >= 0.3 is 0 Å². The Balaban J connectivity index is 2.81. The number of aromatic nitrogens is 1. The van der Waals surface area contributed by atoms with E-state index in [2.05, 4.69) is 4.98 Å². The fraction of sp³-hybridized carbons (Fsp3) is 0.286. The van der Waals surface area contributed by atoms with Gasteiger partial charge < -0.3 is 5.11 Å². The predicted octanol–water partition coefficient (Wildman–Crippen LogP) is 1.27. The van der Waals surface area contributed by atoms with Crippen molar-refractivity contribution in [2.24, 2.45) is 0 Å². The van der Waals surface area contributed by atoms with Gasteiger partial charge in [-0.1, -0.05) is 11.6 Å². The van der Waals surface area contributed by atoms with Crippen LogP contribution in [0.4, 0.5) is 0 Å². The maximum absolute atomic E-state index is 8.55. The summed E-state index contributed by atoms with van der Waals surface area (Å²) in [5.41, 5.74) is 0.756. The van der Waals surface area contributed by atoms with Gasteiger partial charge in [-0.3, -0.25) is 4.98 Å². The van der Waals surface area contributed by atoms with Crippen LogP contribution in [0.2, 0.25) is 5.02 Å². The van der Waals surface area contributed by atoms with E-state index in [0.717, 1.165) is 5.69 Å². The number of aliphatic hydroxyl groups excluding tert-OH is 1. The summed E-state index contributed by atoms with van der Waals surface area (Å²) in [5, 5.41) is 9.17. The minimum Gasteiger partial charge on any atom is -0.396 e. The molecule has 3 heteroatoms. The molecule has 0 saturated heterocycles. The van der Waals surface area contributed by atoms with Crippen molar-refractivity contribution in [3.63, 3.8) is 0 Å². The number of nitrogens with zero attached hydrogens (tertiary/aromatic N) is 1. The molecule has 0 aliphatic carbocycles. The number of hydrogen-bond acceptors (Lipinski definition) is 2. The second kappa shape index (κ2) is 3.54. The zero-order valence-corrected chi connectivity index (χ0v) is 6.17. The second-order valence-electron chi connectivity index (χ2n) is 1.91. The van der Waals surface area contributed by atoms with Crippen LogP contribution in [0.15, 0.2) is 18.3 Å². The van der Waals surface area contributed by atoms with Crippen molar-refractivity contribution in [1.29, 1.82) is 0 Å². The summed E-state index contributed by atoms with van der Waals surface area (Å²) in [6.07, 6.45) is 2.19. The van der Waals surface area contributed by atoms with Gasteiger partial charge in [0, 0.05) is 19.2 Å². The van der Waals surface area contributed by atoms with Gasteiger partial charge in [0.1, 0.15) is 0 Å². The largest absolute Gasteiger partial charge is 0.396 e. The lowest BCUT2D eigenvalue weighted by Gasteiger charge is -1.97. The van der Waals surface area contributed by atoms with Gasteiger partial charge in [0.05, 0.1) is 10.7 Å². The number of rotatable bonds is 2. The Morgan fingerprint density at radius 1 is 1.60 bits per heavy atom. The number of halogens is 1. The maximum Gasteiger partial charge on any atom is 0.0622 e. The minimum atomic E-state index is 0.0940. The first-order valence-corrected chi connectivity index (χ1v) is 3.42. The van der Waals surface area contributed by atoms with E-state index in [9.17, 15) is 0 Å². The quantitative estimate of drug-likeness (QED) is 0.702. The average molecular weight is 158 g/mol. The molecule has 0 amide bonds. The predicted molar refractivity (Wildman–Crippen MR) is 40.0 cm³/mol. The van der Waals surface area contributed by atoms with Crippen molar-refractivity contribution in [3.05, 3.63) is 29.0 Å². The van der Waals surface area contributed by atoms with E-state index in [1.165, 1.54) is 0 Å². The molecule has 0 atom stereocenters. The fourth-order valence-corrected chi connectivity index (χ4v) is 0.924. The molecule has 2 nitrogen and oxygen atoms in total. The van der Waals surface area contributed by atoms with Gasteiger partial charge in [0.25, 0.3) is 0 Å². The zero-order valence-electron chi connectivity index (χ0n) is 5.42. The van der Waals surface area contributed by atoms with Crippen molar-refractivity contribution in [1.82, 2.24) is 4.98 Å². The summed E-state index contributed by atoms with van der Waals surface area (Å²) in [4.78, 5) is 3.98. The molecule has 10 heavy (non-hydrogen) atoms. The Morgan fingerprint density at radius 3 is 3.00 bits per heavy atom. The molecule has 0 aliphatic rings. The highest BCUT2D eigenvalue weighted by molar-refractivity contribution is 6.31. The van der Waals surface area contributed by atoms with E-state index in [0.29, 0.717) is 11.4 Å². The molecule has 0 radical (unpaired) electrons. The standard InChI is InChI=1S/C7H8ClNO/c8-6-2-1-4-9-7(6)3-5-10/h1-2,4,10H,3,5H2. The van der Waals surface area contributed by atoms with Crippen LogP contribution in [0.1, 0.15) is 5.69 Å². The van der Waals surface area contributed by atoms with E-state index in [-0.39, 0.29) is 6.61 Å². The lowest BCUT2D eigenvalue weighted by atomic mass is 10.3. The summed E-state index contributed by atoms with van der Waals surface area (Å²) >= 11 is 5.73. The molecule has 0 spiro atoms. The van der Waals surface area contributed by atoms with Crippen LogP contribution in [-0.2, 0) is 6.42 Å². The van der Waals surface area contributed by atoms with Crippen molar-refractivity contribution in [3.8, 4) is 0 Å². The molecule has 0 saturated carbocycles. The molecule has 1 heterocycles. The Morgan fingerprint density at radius 2 is 2.40 bits per heavy atom. The Hall–Kier alpha value is -0.600. The molecular weight excluding hydrogens is 150 g/mol. The topological polar surface area (TPSA) is 33.1 Å². The lowest BCUT2D eigenvalue weighted by Crippen LogP contribution is -1.94.